The lowest BCUT2D eigenvalue weighted by Gasteiger charge is -2.46. The van der Waals surface area contributed by atoms with E-state index in [1.54, 1.807) is 35.5 Å². The van der Waals surface area contributed by atoms with Crippen LogP contribution in [-0.2, 0) is 64.8 Å². The van der Waals surface area contributed by atoms with Crippen molar-refractivity contribution in [1.82, 2.24) is 0 Å². The molecule has 0 aliphatic carbocycles. The summed E-state index contributed by atoms with van der Waals surface area (Å²) in [6.45, 7) is 2.17. The van der Waals surface area contributed by atoms with Crippen molar-refractivity contribution in [3.05, 3.63) is 116 Å². The smallest absolute Gasteiger partial charge is 0.331 e. The zero-order valence-electron chi connectivity index (χ0n) is 41.3. The fourth-order valence-electron chi connectivity index (χ4n) is 10.4. The summed E-state index contributed by atoms with van der Waals surface area (Å²) >= 11 is 0. The summed E-state index contributed by atoms with van der Waals surface area (Å²) < 4.78 is 46.2. The minimum absolute atomic E-state index is 0.0333. The zero-order chi connectivity index (χ0) is 49.9. The van der Waals surface area contributed by atoms with Gasteiger partial charge < -0.3 is 67.3 Å². The molecule has 16 heteroatoms. The average Bonchev–Trinajstić information content (AvgIpc) is 3.37. The first kappa shape index (κ1) is 52.5. The number of hydrogen-bond acceptors (Lipinski definition) is 14. The van der Waals surface area contributed by atoms with Gasteiger partial charge in [-0.05, 0) is 70.3 Å². The minimum Gasteiger partial charge on any atom is -0.493 e. The van der Waals surface area contributed by atoms with Crippen molar-refractivity contribution in [2.75, 3.05) is 96.1 Å². The van der Waals surface area contributed by atoms with Gasteiger partial charge in [-0.15, -0.1) is 0 Å². The summed E-state index contributed by atoms with van der Waals surface area (Å²) in [7, 11) is 13.8. The Balaban J connectivity index is 1.08. The third kappa shape index (κ3) is 11.6. The first-order valence-corrected chi connectivity index (χ1v) is 23.3. The van der Waals surface area contributed by atoms with Crippen LogP contribution in [0.25, 0.3) is 0 Å². The number of nitrogens with zero attached hydrogens (tertiary/aromatic N) is 2. The average molecular weight is 959 g/mol. The van der Waals surface area contributed by atoms with E-state index in [0.717, 1.165) is 65.9 Å². The quantitative estimate of drug-likeness (QED) is 0.0328. The number of ether oxygens (including phenoxy) is 8. The number of rotatable bonds is 23. The van der Waals surface area contributed by atoms with Crippen LogP contribution in [0, 0.1) is 0 Å². The van der Waals surface area contributed by atoms with Gasteiger partial charge in [0.25, 0.3) is 0 Å². The Morgan fingerprint density at radius 1 is 0.551 bits per heavy atom. The van der Waals surface area contributed by atoms with Gasteiger partial charge in [0, 0.05) is 72.1 Å². The van der Waals surface area contributed by atoms with Crippen molar-refractivity contribution < 1.29 is 76.9 Å². The van der Waals surface area contributed by atoms with Crippen LogP contribution in [0.1, 0.15) is 80.6 Å². The molecule has 16 nitrogen and oxygen atoms in total. The topological polar surface area (TPSA) is 189 Å². The second-order valence-electron chi connectivity index (χ2n) is 18.1. The normalized spacial score (nSPS) is 19.6. The van der Waals surface area contributed by atoms with Gasteiger partial charge in [0.05, 0.1) is 123 Å². The molecule has 0 bridgehead atoms. The Morgan fingerprint density at radius 2 is 1.04 bits per heavy atom. The summed E-state index contributed by atoms with van der Waals surface area (Å²) in [6, 6.07) is 15.4. The highest BCUT2D eigenvalue weighted by molar-refractivity contribution is 5.91. The SMILES string of the molecule is COc1cc2c(cc1OC)C(Cc1cc(CO)c(OC)c(OC)c1)[N+](C)(CCCOC(=O)/C=C/C(=O)OCCC[N+]1(C)CCc3cc(CO)c(CO)cc3C1c1cc(CO)c(OC)c(OC)c1)CC2. The van der Waals surface area contributed by atoms with Crippen molar-refractivity contribution in [1.29, 1.82) is 0 Å². The Hall–Kier alpha value is -5.88. The molecule has 0 aromatic heterocycles. The maximum Gasteiger partial charge on any atom is 0.331 e. The van der Waals surface area contributed by atoms with Crippen molar-refractivity contribution in [2.45, 2.75) is 70.6 Å². The van der Waals surface area contributed by atoms with Gasteiger partial charge >= 0.3 is 11.9 Å². The number of aliphatic hydroxyl groups is 4. The van der Waals surface area contributed by atoms with E-state index < -0.39 is 11.9 Å². The molecule has 2 aliphatic rings. The van der Waals surface area contributed by atoms with E-state index >= 15 is 0 Å². The van der Waals surface area contributed by atoms with E-state index in [1.165, 1.54) is 12.7 Å². The summed E-state index contributed by atoms with van der Waals surface area (Å²) in [4.78, 5) is 25.7. The number of hydrogen-bond donors (Lipinski definition) is 4. The highest BCUT2D eigenvalue weighted by atomic mass is 16.5. The fraction of sp³-hybridized carbons (Fsp3) is 0.472. The predicted molar refractivity (Wildman–Crippen MR) is 257 cm³/mol. The van der Waals surface area contributed by atoms with Crippen molar-refractivity contribution >= 4 is 11.9 Å². The number of fused-ring (bicyclic) bond motifs is 2. The van der Waals surface area contributed by atoms with Crippen LogP contribution >= 0.6 is 0 Å². The second kappa shape index (κ2) is 23.6. The van der Waals surface area contributed by atoms with Crippen LogP contribution in [-0.4, -0.2) is 137 Å². The van der Waals surface area contributed by atoms with Crippen LogP contribution in [0.15, 0.2) is 60.7 Å². The molecule has 4 unspecified atom stereocenters. The summed E-state index contributed by atoms with van der Waals surface area (Å²) in [5, 5.41) is 40.8. The summed E-state index contributed by atoms with van der Waals surface area (Å²) in [5.41, 5.74) is 8.70. The van der Waals surface area contributed by atoms with Gasteiger partial charge in [-0.1, -0.05) is 6.07 Å². The molecule has 4 aromatic rings. The van der Waals surface area contributed by atoms with Gasteiger partial charge in [-0.25, -0.2) is 9.59 Å². The third-order valence-corrected chi connectivity index (χ3v) is 14.0. The number of esters is 2. The van der Waals surface area contributed by atoms with Crippen LogP contribution in [0.3, 0.4) is 0 Å². The van der Waals surface area contributed by atoms with E-state index in [-0.39, 0.29) is 51.7 Å². The summed E-state index contributed by atoms with van der Waals surface area (Å²) in [6.07, 6.45) is 5.38. The molecule has 4 aromatic carbocycles. The zero-order valence-corrected chi connectivity index (χ0v) is 41.3. The Bertz CT molecular complexity index is 2420. The Morgan fingerprint density at radius 3 is 1.59 bits per heavy atom. The highest BCUT2D eigenvalue weighted by Crippen LogP contribution is 2.46. The van der Waals surface area contributed by atoms with Crippen LogP contribution in [0.2, 0.25) is 0 Å². The van der Waals surface area contributed by atoms with Crippen LogP contribution < -0.4 is 28.4 Å². The standard InChI is InChI=1S/C53H70N2O14/c1-54(17-13-36-27-45(62-3)46(63-4)29-42(36)44(54)22-34-21-40(32-58)52(66-7)47(23-34)64-5)15-9-19-68-49(60)11-12-50(61)69-20-10-16-55(2)18-14-35-24-38(30-56)39(31-57)26-43(35)51(55)37-25-41(33-59)53(67-8)48(28-37)65-6/h11-12,21,23-29,44,51,56-59H,9-10,13-20,22,30-33H2,1-8H3/q+2/b12-11+. The lowest BCUT2D eigenvalue weighted by atomic mass is 9.83. The third-order valence-electron chi connectivity index (χ3n) is 14.0. The Labute approximate surface area is 405 Å². The number of carbonyl (C=O) groups excluding carboxylic acids is 2. The van der Waals surface area contributed by atoms with Gasteiger partial charge in [-0.2, -0.15) is 0 Å². The number of methoxy groups -OCH3 is 6. The number of quaternary nitrogens is 2. The molecule has 69 heavy (non-hydrogen) atoms. The predicted octanol–water partition coefficient (Wildman–Crippen LogP) is 5.21. The highest BCUT2D eigenvalue weighted by Gasteiger charge is 2.42. The number of carbonyl (C=O) groups is 2. The molecular formula is C53H70N2O14+2. The molecule has 0 spiro atoms. The molecule has 0 saturated carbocycles. The van der Waals surface area contributed by atoms with E-state index in [9.17, 15) is 30.0 Å². The van der Waals surface area contributed by atoms with Gasteiger partial charge in [0.2, 0.25) is 0 Å². The van der Waals surface area contributed by atoms with Gasteiger partial charge in [0.1, 0.15) is 12.1 Å². The molecule has 374 valence electrons. The monoisotopic (exact) mass is 958 g/mol. The van der Waals surface area contributed by atoms with Crippen LogP contribution in [0.4, 0.5) is 0 Å². The second-order valence-corrected chi connectivity index (χ2v) is 18.1. The van der Waals surface area contributed by atoms with Crippen molar-refractivity contribution in [2.24, 2.45) is 0 Å². The maximum absolute atomic E-state index is 12.9. The van der Waals surface area contributed by atoms with E-state index in [2.05, 4.69) is 20.2 Å². The molecule has 0 radical (unpaired) electrons. The molecule has 2 heterocycles. The lowest BCUT2D eigenvalue weighted by Crippen LogP contribution is -2.52. The molecule has 4 N–H and O–H groups in total. The number of likely N-dealkylation sites (N-methyl/N-ethyl adjacent to an activating group) is 2. The van der Waals surface area contributed by atoms with Gasteiger partial charge in [-0.3, -0.25) is 0 Å². The van der Waals surface area contributed by atoms with E-state index in [1.807, 2.05) is 42.5 Å². The first-order valence-electron chi connectivity index (χ1n) is 23.3. The molecule has 4 atom stereocenters. The first-order chi connectivity index (χ1) is 33.3. The molecule has 0 fully saturated rings. The molecular weight excluding hydrogens is 889 g/mol. The summed E-state index contributed by atoms with van der Waals surface area (Å²) in [5.74, 6) is 1.95. The number of aliphatic hydroxyl groups excluding tert-OH is 4. The number of benzene rings is 4. The minimum atomic E-state index is -0.661. The molecule has 0 amide bonds. The van der Waals surface area contributed by atoms with E-state index in [4.69, 9.17) is 37.9 Å². The largest absolute Gasteiger partial charge is 0.493 e. The molecule has 2 aliphatic heterocycles. The Kier molecular flexibility index (Phi) is 18.0. The van der Waals surface area contributed by atoms with Crippen LogP contribution in [0.5, 0.6) is 34.5 Å². The van der Waals surface area contributed by atoms with Gasteiger partial charge in [0.15, 0.2) is 34.5 Å². The van der Waals surface area contributed by atoms with E-state index in [0.29, 0.717) is 98.1 Å². The van der Waals surface area contributed by atoms with Crippen molar-refractivity contribution in [3.63, 3.8) is 0 Å². The maximum atomic E-state index is 12.9. The fourth-order valence-corrected chi connectivity index (χ4v) is 10.4. The van der Waals surface area contributed by atoms with Crippen molar-refractivity contribution in [3.8, 4) is 34.5 Å². The molecule has 0 saturated heterocycles. The molecule has 6 rings (SSSR count). The lowest BCUT2D eigenvalue weighted by molar-refractivity contribution is -0.941.